The molecule has 0 radical (unpaired) electrons. The van der Waals surface area contributed by atoms with Crippen molar-refractivity contribution in [3.05, 3.63) is 135 Å². The molecule has 0 atom stereocenters. The molecule has 0 aliphatic rings. The lowest BCUT2D eigenvalue weighted by Gasteiger charge is -2.10. The number of aromatic nitrogens is 1. The van der Waals surface area contributed by atoms with E-state index >= 15 is 0 Å². The first-order chi connectivity index (χ1) is 19.9. The number of rotatable bonds is 10. The number of benzene rings is 3. The maximum atomic E-state index is 12.4. The number of aryl methyl sites for hydroxylation is 2. The van der Waals surface area contributed by atoms with Gasteiger partial charge in [0.05, 0.1) is 16.3 Å². The molecular weight excluding hydrogens is 561 g/mol. The second-order valence-electron chi connectivity index (χ2n) is 9.31. The molecule has 0 unspecified atom stereocenters. The zero-order valence-corrected chi connectivity index (χ0v) is 23.9. The van der Waals surface area contributed by atoms with E-state index in [2.05, 4.69) is 41.1 Å². The minimum atomic E-state index is -0.462. The highest BCUT2D eigenvalue weighted by molar-refractivity contribution is 6.42. The molecule has 1 N–H and O–H groups in total. The highest BCUT2D eigenvalue weighted by atomic mass is 35.5. The number of carbonyl (C=O) groups is 1. The number of amides is 1. The Balaban J connectivity index is 1.08. The predicted octanol–water partition coefficient (Wildman–Crippen LogP) is 7.92. The molecule has 7 nitrogen and oxygen atoms in total. The van der Waals surface area contributed by atoms with Gasteiger partial charge >= 0.3 is 5.91 Å². The summed E-state index contributed by atoms with van der Waals surface area (Å²) in [6.07, 6.45) is 1.54. The molecule has 5 rings (SSSR count). The van der Waals surface area contributed by atoms with E-state index in [0.717, 1.165) is 16.8 Å². The molecule has 0 fully saturated rings. The van der Waals surface area contributed by atoms with E-state index in [4.69, 9.17) is 37.1 Å². The lowest BCUT2D eigenvalue weighted by Crippen LogP contribution is -2.16. The molecule has 3 aromatic carbocycles. The van der Waals surface area contributed by atoms with Gasteiger partial charge in [0.1, 0.15) is 30.5 Å². The van der Waals surface area contributed by atoms with Gasteiger partial charge in [0.15, 0.2) is 5.76 Å². The second-order valence-corrected chi connectivity index (χ2v) is 10.1. The lowest BCUT2D eigenvalue weighted by atomic mass is 10.2. The van der Waals surface area contributed by atoms with Crippen LogP contribution in [-0.4, -0.2) is 16.7 Å². The molecular formula is C32H27Cl2N3O4. The third-order valence-corrected chi connectivity index (χ3v) is 7.02. The fourth-order valence-electron chi connectivity index (χ4n) is 4.17. The molecule has 0 spiro atoms. The SMILES string of the molecule is Cc1ccc(C)n1-c1ccc(OCc2ccc(C(=O)N/N=C/c3ccc(OCc4ccc(Cl)c(Cl)c4)cc3)o2)cc1. The van der Waals surface area contributed by atoms with Crippen LogP contribution in [0.25, 0.3) is 5.69 Å². The highest BCUT2D eigenvalue weighted by Crippen LogP contribution is 2.24. The maximum absolute atomic E-state index is 12.4. The van der Waals surface area contributed by atoms with Gasteiger partial charge in [-0.2, -0.15) is 5.10 Å². The number of hydrogen-bond acceptors (Lipinski definition) is 5. The van der Waals surface area contributed by atoms with Crippen molar-refractivity contribution in [2.24, 2.45) is 5.10 Å². The summed E-state index contributed by atoms with van der Waals surface area (Å²) < 4.78 is 19.4. The Hall–Kier alpha value is -4.46. The molecule has 208 valence electrons. The van der Waals surface area contributed by atoms with E-state index in [1.54, 1.807) is 24.3 Å². The first kappa shape index (κ1) is 28.1. The van der Waals surface area contributed by atoms with Gasteiger partial charge in [-0.25, -0.2) is 5.43 Å². The van der Waals surface area contributed by atoms with Crippen molar-refractivity contribution >= 4 is 35.3 Å². The zero-order chi connectivity index (χ0) is 28.8. The third kappa shape index (κ3) is 7.20. The van der Waals surface area contributed by atoms with Crippen molar-refractivity contribution < 1.29 is 18.7 Å². The van der Waals surface area contributed by atoms with Gasteiger partial charge in [0.2, 0.25) is 0 Å². The van der Waals surface area contributed by atoms with E-state index < -0.39 is 5.91 Å². The van der Waals surface area contributed by atoms with Crippen LogP contribution in [0.2, 0.25) is 10.0 Å². The number of hydrazone groups is 1. The van der Waals surface area contributed by atoms with Gasteiger partial charge in [-0.05, 0) is 110 Å². The Morgan fingerprint density at radius 2 is 1.49 bits per heavy atom. The van der Waals surface area contributed by atoms with Gasteiger partial charge < -0.3 is 18.5 Å². The molecule has 5 aromatic rings. The Kier molecular flexibility index (Phi) is 8.77. The summed E-state index contributed by atoms with van der Waals surface area (Å²) in [7, 11) is 0. The fourth-order valence-corrected chi connectivity index (χ4v) is 4.49. The summed E-state index contributed by atoms with van der Waals surface area (Å²) in [6.45, 7) is 4.69. The number of furan rings is 1. The molecule has 41 heavy (non-hydrogen) atoms. The van der Waals surface area contributed by atoms with Gasteiger partial charge in [0, 0.05) is 17.1 Å². The largest absolute Gasteiger partial charge is 0.489 e. The normalized spacial score (nSPS) is 11.1. The van der Waals surface area contributed by atoms with Crippen LogP contribution >= 0.6 is 23.2 Å². The van der Waals surface area contributed by atoms with Crippen molar-refractivity contribution in [3.8, 4) is 17.2 Å². The van der Waals surface area contributed by atoms with Gasteiger partial charge in [-0.3, -0.25) is 4.79 Å². The molecule has 2 aromatic heterocycles. The topological polar surface area (TPSA) is 78.0 Å². The van der Waals surface area contributed by atoms with E-state index in [0.29, 0.717) is 33.9 Å². The first-order valence-electron chi connectivity index (χ1n) is 12.8. The highest BCUT2D eigenvalue weighted by Gasteiger charge is 2.11. The summed E-state index contributed by atoms with van der Waals surface area (Å²) in [6, 6.07) is 28.0. The Morgan fingerprint density at radius 3 is 2.17 bits per heavy atom. The number of carbonyl (C=O) groups excluding carboxylic acids is 1. The number of nitrogens with zero attached hydrogens (tertiary/aromatic N) is 2. The lowest BCUT2D eigenvalue weighted by molar-refractivity contribution is 0.0923. The second kappa shape index (κ2) is 12.8. The van der Waals surface area contributed by atoms with E-state index in [9.17, 15) is 4.79 Å². The van der Waals surface area contributed by atoms with Crippen molar-refractivity contribution in [2.75, 3.05) is 0 Å². The van der Waals surface area contributed by atoms with Crippen molar-refractivity contribution in [2.45, 2.75) is 27.1 Å². The molecule has 0 saturated heterocycles. The summed E-state index contributed by atoms with van der Waals surface area (Å²) in [4.78, 5) is 12.4. The fraction of sp³-hybridized carbons (Fsp3) is 0.125. The molecule has 0 bridgehead atoms. The van der Waals surface area contributed by atoms with E-state index in [1.165, 1.54) is 17.6 Å². The average molecular weight is 588 g/mol. The first-order valence-corrected chi connectivity index (χ1v) is 13.6. The van der Waals surface area contributed by atoms with Crippen LogP contribution in [0.4, 0.5) is 0 Å². The van der Waals surface area contributed by atoms with Crippen LogP contribution < -0.4 is 14.9 Å². The van der Waals surface area contributed by atoms with Crippen LogP contribution in [0.3, 0.4) is 0 Å². The zero-order valence-electron chi connectivity index (χ0n) is 22.4. The van der Waals surface area contributed by atoms with Crippen LogP contribution in [0.5, 0.6) is 11.5 Å². The molecule has 0 aliphatic carbocycles. The van der Waals surface area contributed by atoms with Crippen LogP contribution in [-0.2, 0) is 13.2 Å². The summed E-state index contributed by atoms with van der Waals surface area (Å²) >= 11 is 12.0. The number of hydrogen-bond donors (Lipinski definition) is 1. The van der Waals surface area contributed by atoms with Crippen molar-refractivity contribution in [1.82, 2.24) is 9.99 Å². The molecule has 0 aliphatic heterocycles. The van der Waals surface area contributed by atoms with Crippen LogP contribution in [0.15, 0.2) is 101 Å². The van der Waals surface area contributed by atoms with Crippen molar-refractivity contribution in [1.29, 1.82) is 0 Å². The minimum Gasteiger partial charge on any atom is -0.489 e. The van der Waals surface area contributed by atoms with E-state index in [1.807, 2.05) is 54.6 Å². The molecule has 2 heterocycles. The number of halogens is 2. The standard InChI is InChI=1S/C32H27Cl2N3O4/c1-21-3-4-22(2)37(21)25-8-12-27(13-9-25)40-20-28-14-16-31(41-28)32(38)36-35-18-23-5-10-26(11-6-23)39-19-24-7-15-29(33)30(34)17-24/h3-18H,19-20H2,1-2H3,(H,36,38)/b35-18+. The Bertz CT molecular complexity index is 1650. The van der Waals surface area contributed by atoms with Crippen LogP contribution in [0.1, 0.15) is 38.8 Å². The Morgan fingerprint density at radius 1 is 0.829 bits per heavy atom. The van der Waals surface area contributed by atoms with Gasteiger partial charge in [-0.1, -0.05) is 29.3 Å². The molecule has 0 saturated carbocycles. The Labute approximate surface area is 247 Å². The van der Waals surface area contributed by atoms with Gasteiger partial charge in [-0.15, -0.1) is 0 Å². The predicted molar refractivity (Wildman–Crippen MR) is 161 cm³/mol. The summed E-state index contributed by atoms with van der Waals surface area (Å²) in [5, 5.41) is 5.01. The summed E-state index contributed by atoms with van der Waals surface area (Å²) in [5.74, 6) is 1.59. The number of nitrogens with one attached hydrogen (secondary N) is 1. The average Bonchev–Trinajstić information content (AvgIpc) is 3.59. The minimum absolute atomic E-state index is 0.140. The quantitative estimate of drug-likeness (QED) is 0.133. The van der Waals surface area contributed by atoms with E-state index in [-0.39, 0.29) is 12.4 Å². The van der Waals surface area contributed by atoms with Crippen molar-refractivity contribution in [3.63, 3.8) is 0 Å². The smallest absolute Gasteiger partial charge is 0.307 e. The number of ether oxygens (including phenoxy) is 2. The maximum Gasteiger partial charge on any atom is 0.307 e. The monoisotopic (exact) mass is 587 g/mol. The molecule has 1 amide bonds. The van der Waals surface area contributed by atoms with Crippen LogP contribution in [0, 0.1) is 13.8 Å². The van der Waals surface area contributed by atoms with Gasteiger partial charge in [0.25, 0.3) is 0 Å². The third-order valence-electron chi connectivity index (χ3n) is 6.28. The molecule has 9 heteroatoms. The summed E-state index contributed by atoms with van der Waals surface area (Å²) in [5.41, 5.74) is 7.57.